The van der Waals surface area contributed by atoms with E-state index in [0.29, 0.717) is 16.1 Å². The minimum absolute atomic E-state index is 0.213. The first-order valence-electron chi connectivity index (χ1n) is 5.35. The molecule has 1 heterocycles. The maximum absolute atomic E-state index is 12.5. The van der Waals surface area contributed by atoms with Gasteiger partial charge in [-0.1, -0.05) is 23.2 Å². The van der Waals surface area contributed by atoms with E-state index in [1.165, 1.54) is 17.6 Å². The van der Waals surface area contributed by atoms with Crippen LogP contribution in [0, 0.1) is 4.77 Å². The molecule has 1 atom stereocenters. The van der Waals surface area contributed by atoms with Gasteiger partial charge in [0.05, 0.1) is 27.5 Å². The van der Waals surface area contributed by atoms with Crippen LogP contribution in [0.4, 0.5) is 13.2 Å². The van der Waals surface area contributed by atoms with Crippen LogP contribution in [0.3, 0.4) is 0 Å². The molecule has 0 aliphatic heterocycles. The number of aromatic nitrogens is 2. The van der Waals surface area contributed by atoms with Gasteiger partial charge < -0.3 is 9.55 Å². The van der Waals surface area contributed by atoms with Gasteiger partial charge in [0.25, 0.3) is 0 Å². The van der Waals surface area contributed by atoms with Gasteiger partial charge in [0.15, 0.2) is 4.77 Å². The second kappa shape index (κ2) is 5.00. The van der Waals surface area contributed by atoms with Crippen LogP contribution in [-0.2, 0) is 0 Å². The first-order valence-corrected chi connectivity index (χ1v) is 6.51. The predicted octanol–water partition coefficient (Wildman–Crippen LogP) is 5.52. The highest BCUT2D eigenvalue weighted by Crippen LogP contribution is 2.33. The van der Waals surface area contributed by atoms with Crippen molar-refractivity contribution in [2.75, 3.05) is 0 Å². The Morgan fingerprint density at radius 2 is 1.89 bits per heavy atom. The third kappa shape index (κ3) is 3.07. The zero-order chi connectivity index (χ0) is 14.4. The number of fused-ring (bicyclic) bond motifs is 1. The average molecular weight is 329 g/mol. The lowest BCUT2D eigenvalue weighted by Gasteiger charge is -2.16. The number of halogens is 5. The second-order valence-corrected chi connectivity index (χ2v) is 5.45. The van der Waals surface area contributed by atoms with E-state index in [1.54, 1.807) is 6.07 Å². The van der Waals surface area contributed by atoms with Crippen LogP contribution in [0.25, 0.3) is 11.0 Å². The van der Waals surface area contributed by atoms with E-state index in [0.717, 1.165) is 0 Å². The van der Waals surface area contributed by atoms with Crippen LogP contribution in [-0.4, -0.2) is 15.7 Å². The van der Waals surface area contributed by atoms with Gasteiger partial charge in [-0.15, -0.1) is 0 Å². The molecule has 0 amide bonds. The maximum atomic E-state index is 12.5. The van der Waals surface area contributed by atoms with Crippen LogP contribution >= 0.6 is 35.4 Å². The molecule has 0 bridgehead atoms. The van der Waals surface area contributed by atoms with E-state index in [9.17, 15) is 13.2 Å². The summed E-state index contributed by atoms with van der Waals surface area (Å²) in [5.41, 5.74) is 1.07. The summed E-state index contributed by atoms with van der Waals surface area (Å²) in [5, 5.41) is 0.595. The maximum Gasteiger partial charge on any atom is 0.391 e. The molecule has 2 nitrogen and oxygen atoms in total. The minimum Gasteiger partial charge on any atom is -0.331 e. The molecule has 1 N–H and O–H groups in total. The third-order valence-corrected chi connectivity index (χ3v) is 3.75. The summed E-state index contributed by atoms with van der Waals surface area (Å²) < 4.78 is 39.0. The Bertz CT molecular complexity index is 675. The molecule has 8 heteroatoms. The van der Waals surface area contributed by atoms with Crippen LogP contribution in [0.2, 0.25) is 10.0 Å². The van der Waals surface area contributed by atoms with Crippen molar-refractivity contribution in [3.8, 4) is 0 Å². The molecule has 0 saturated heterocycles. The summed E-state index contributed by atoms with van der Waals surface area (Å²) in [6.45, 7) is 1.46. The molecule has 2 rings (SSSR count). The van der Waals surface area contributed by atoms with Crippen molar-refractivity contribution >= 4 is 46.5 Å². The van der Waals surface area contributed by atoms with Gasteiger partial charge in [0.2, 0.25) is 0 Å². The Morgan fingerprint density at radius 3 is 2.47 bits per heavy atom. The van der Waals surface area contributed by atoms with Crippen LogP contribution in [0.5, 0.6) is 0 Å². The molecule has 19 heavy (non-hydrogen) atoms. The SMILES string of the molecule is CC(CC(F)(F)F)n1c(=S)[nH]c2cc(Cl)c(Cl)cc21. The van der Waals surface area contributed by atoms with Gasteiger partial charge in [0.1, 0.15) is 0 Å². The quantitative estimate of drug-likeness (QED) is 0.720. The fourth-order valence-electron chi connectivity index (χ4n) is 1.98. The first-order chi connectivity index (χ1) is 8.69. The Morgan fingerprint density at radius 1 is 1.32 bits per heavy atom. The van der Waals surface area contributed by atoms with E-state index in [4.69, 9.17) is 35.4 Å². The van der Waals surface area contributed by atoms with Gasteiger partial charge >= 0.3 is 6.18 Å². The fourth-order valence-corrected chi connectivity index (χ4v) is 2.69. The van der Waals surface area contributed by atoms with Crippen LogP contribution in [0.15, 0.2) is 12.1 Å². The third-order valence-electron chi connectivity index (χ3n) is 2.73. The Balaban J connectivity index is 2.57. The topological polar surface area (TPSA) is 20.7 Å². The molecule has 2 aromatic rings. The number of aromatic amines is 1. The van der Waals surface area contributed by atoms with E-state index in [-0.39, 0.29) is 9.79 Å². The lowest BCUT2D eigenvalue weighted by molar-refractivity contribution is -0.141. The highest BCUT2D eigenvalue weighted by atomic mass is 35.5. The number of hydrogen-bond acceptors (Lipinski definition) is 1. The lowest BCUT2D eigenvalue weighted by Crippen LogP contribution is -2.16. The van der Waals surface area contributed by atoms with Gasteiger partial charge in [-0.3, -0.25) is 0 Å². The monoisotopic (exact) mass is 328 g/mol. The molecule has 0 saturated carbocycles. The highest BCUT2D eigenvalue weighted by molar-refractivity contribution is 7.71. The summed E-state index contributed by atoms with van der Waals surface area (Å²) in [5.74, 6) is 0. The second-order valence-electron chi connectivity index (χ2n) is 4.25. The molecule has 0 aliphatic rings. The lowest BCUT2D eigenvalue weighted by atomic mass is 10.2. The van der Waals surface area contributed by atoms with Crippen molar-refractivity contribution < 1.29 is 13.2 Å². The number of rotatable bonds is 2. The number of hydrogen-bond donors (Lipinski definition) is 1. The van der Waals surface area contributed by atoms with E-state index >= 15 is 0 Å². The Labute approximate surface area is 122 Å². The van der Waals surface area contributed by atoms with Gasteiger partial charge in [-0.2, -0.15) is 13.2 Å². The Hall–Kier alpha value is -0.720. The summed E-state index contributed by atoms with van der Waals surface area (Å²) in [6, 6.07) is 2.24. The number of alkyl halides is 3. The standard InChI is InChI=1S/C11H9Cl2F3N2S/c1-5(4-11(14,15)16)18-9-3-7(13)6(12)2-8(9)17-10(18)19/h2-3,5H,4H2,1H3,(H,17,19). The van der Waals surface area contributed by atoms with Crippen molar-refractivity contribution in [2.45, 2.75) is 25.6 Å². The largest absolute Gasteiger partial charge is 0.391 e. The molecule has 0 aliphatic carbocycles. The summed E-state index contributed by atoms with van der Waals surface area (Å²) in [6.07, 6.45) is -5.22. The normalized spacial score (nSPS) is 14.0. The van der Waals surface area contributed by atoms with Crippen LogP contribution < -0.4 is 0 Å². The average Bonchev–Trinajstić information content (AvgIpc) is 2.52. The molecule has 0 spiro atoms. The van der Waals surface area contributed by atoms with Crippen molar-refractivity contribution in [2.24, 2.45) is 0 Å². The van der Waals surface area contributed by atoms with Crippen molar-refractivity contribution in [1.82, 2.24) is 9.55 Å². The van der Waals surface area contributed by atoms with Gasteiger partial charge in [-0.05, 0) is 31.3 Å². The van der Waals surface area contributed by atoms with Crippen molar-refractivity contribution in [3.63, 3.8) is 0 Å². The molecule has 0 fully saturated rings. The highest BCUT2D eigenvalue weighted by Gasteiger charge is 2.31. The minimum atomic E-state index is -4.26. The summed E-state index contributed by atoms with van der Waals surface area (Å²) in [4.78, 5) is 2.83. The van der Waals surface area contributed by atoms with E-state index in [1.807, 2.05) is 0 Å². The molecule has 104 valence electrons. The first kappa shape index (κ1) is 14.7. The van der Waals surface area contributed by atoms with Gasteiger partial charge in [-0.25, -0.2) is 0 Å². The Kier molecular flexibility index (Phi) is 3.86. The number of H-pyrrole nitrogens is 1. The van der Waals surface area contributed by atoms with Crippen LogP contribution in [0.1, 0.15) is 19.4 Å². The smallest absolute Gasteiger partial charge is 0.331 e. The summed E-state index contributed by atoms with van der Waals surface area (Å²) in [7, 11) is 0. The van der Waals surface area contributed by atoms with Crippen molar-refractivity contribution in [1.29, 1.82) is 0 Å². The van der Waals surface area contributed by atoms with E-state index in [2.05, 4.69) is 4.98 Å². The summed E-state index contributed by atoms with van der Waals surface area (Å²) >= 11 is 16.8. The predicted molar refractivity (Wildman–Crippen MR) is 72.5 cm³/mol. The molecule has 1 aromatic carbocycles. The van der Waals surface area contributed by atoms with Gasteiger partial charge in [0, 0.05) is 6.04 Å². The zero-order valence-electron chi connectivity index (χ0n) is 9.68. The van der Waals surface area contributed by atoms with Crippen molar-refractivity contribution in [3.05, 3.63) is 26.9 Å². The molecular weight excluding hydrogens is 320 g/mol. The molecule has 1 unspecified atom stereocenters. The number of nitrogens with zero attached hydrogens (tertiary/aromatic N) is 1. The van der Waals surface area contributed by atoms with E-state index < -0.39 is 18.6 Å². The fraction of sp³-hybridized carbons (Fsp3) is 0.364. The molecule has 0 radical (unpaired) electrons. The number of nitrogens with one attached hydrogen (secondary N) is 1. The zero-order valence-corrected chi connectivity index (χ0v) is 12.0. The molecular formula is C11H9Cl2F3N2S. The number of benzene rings is 1. The molecule has 1 aromatic heterocycles. The number of imidazole rings is 1.